The van der Waals surface area contributed by atoms with Crippen LogP contribution >= 0.6 is 0 Å². The Bertz CT molecular complexity index is 514. The molecule has 0 N–H and O–H groups in total. The molecule has 1 rings (SSSR count). The maximum Gasteiger partial charge on any atom is 0.376 e. The molecule has 24 heavy (non-hydrogen) atoms. The molecule has 6 nitrogen and oxygen atoms in total. The predicted molar refractivity (Wildman–Crippen MR) is 90.3 cm³/mol. The van der Waals surface area contributed by atoms with E-state index in [4.69, 9.17) is 24.0 Å². The summed E-state index contributed by atoms with van der Waals surface area (Å²) in [5.74, 6) is 0.540. The highest BCUT2D eigenvalue weighted by atomic mass is 17.2. The van der Waals surface area contributed by atoms with Gasteiger partial charge in [0, 0.05) is 12.1 Å². The summed E-state index contributed by atoms with van der Waals surface area (Å²) in [7, 11) is 4.46. The van der Waals surface area contributed by atoms with Crippen molar-refractivity contribution in [3.8, 4) is 17.2 Å². The molecule has 0 amide bonds. The topological polar surface area (TPSA) is 63.2 Å². The smallest absolute Gasteiger partial charge is 0.376 e. The summed E-state index contributed by atoms with van der Waals surface area (Å²) in [6, 6.07) is 3.07. The molecule has 0 unspecified atom stereocenters. The Morgan fingerprint density at radius 3 is 2.08 bits per heavy atom. The molecule has 1 aromatic carbocycles. The second-order valence-electron chi connectivity index (χ2n) is 5.37. The average Bonchev–Trinajstić information content (AvgIpc) is 2.61. The molecule has 0 saturated heterocycles. The van der Waals surface area contributed by atoms with Crippen LogP contribution in [0, 0.1) is 6.10 Å². The molecule has 0 aliphatic rings. The molecular formula is C18H27O6. The van der Waals surface area contributed by atoms with Crippen molar-refractivity contribution in [3.63, 3.8) is 0 Å². The molecule has 0 heterocycles. The van der Waals surface area contributed by atoms with Crippen LogP contribution in [-0.4, -0.2) is 27.3 Å². The van der Waals surface area contributed by atoms with E-state index in [1.165, 1.54) is 40.2 Å². The van der Waals surface area contributed by atoms with Crippen molar-refractivity contribution in [2.24, 2.45) is 0 Å². The van der Waals surface area contributed by atoms with E-state index >= 15 is 0 Å². The summed E-state index contributed by atoms with van der Waals surface area (Å²) in [5, 5.41) is 0. The van der Waals surface area contributed by atoms with Gasteiger partial charge < -0.3 is 14.2 Å². The summed E-state index contributed by atoms with van der Waals surface area (Å²) >= 11 is 0. The molecule has 0 bridgehead atoms. The molecule has 0 aliphatic heterocycles. The molecule has 135 valence electrons. The van der Waals surface area contributed by atoms with Crippen LogP contribution in [0.4, 0.5) is 0 Å². The Hall–Kier alpha value is -1.95. The van der Waals surface area contributed by atoms with Gasteiger partial charge in [-0.15, -0.1) is 0 Å². The predicted octanol–water partition coefficient (Wildman–Crippen LogP) is 4.32. The van der Waals surface area contributed by atoms with E-state index in [-0.39, 0.29) is 5.56 Å². The zero-order chi connectivity index (χ0) is 17.9. The molecule has 0 fully saturated rings. The summed E-state index contributed by atoms with van der Waals surface area (Å²) < 4.78 is 15.6. The highest BCUT2D eigenvalue weighted by Gasteiger charge is 2.20. The van der Waals surface area contributed by atoms with Gasteiger partial charge in [0.1, 0.15) is 17.4 Å². The molecule has 0 saturated carbocycles. The van der Waals surface area contributed by atoms with Gasteiger partial charge in [0.25, 0.3) is 0 Å². The average molecular weight is 339 g/mol. The third-order valence-electron chi connectivity index (χ3n) is 3.57. The molecule has 0 spiro atoms. The Balaban J connectivity index is 2.66. The Morgan fingerprint density at radius 2 is 1.50 bits per heavy atom. The standard InChI is InChI=1S/C18H27O6/c1-6-7-8-9-10-13(2)23-24-18(19)14-11-16(21-4)17(22-5)12-15(14)20-3/h11-12H,6-10H2,1-5H3. The van der Waals surface area contributed by atoms with Gasteiger partial charge in [0.15, 0.2) is 11.5 Å². The van der Waals surface area contributed by atoms with Gasteiger partial charge in [0.05, 0.1) is 21.3 Å². The van der Waals surface area contributed by atoms with Gasteiger partial charge >= 0.3 is 5.97 Å². The minimum atomic E-state index is -0.652. The van der Waals surface area contributed by atoms with Crippen LogP contribution in [0.5, 0.6) is 17.2 Å². The number of ether oxygens (including phenoxy) is 3. The van der Waals surface area contributed by atoms with Crippen LogP contribution in [0.3, 0.4) is 0 Å². The summed E-state index contributed by atoms with van der Waals surface area (Å²) in [6.45, 7) is 3.95. The second kappa shape index (κ2) is 10.8. The zero-order valence-corrected chi connectivity index (χ0v) is 15.1. The van der Waals surface area contributed by atoms with Crippen molar-refractivity contribution in [2.45, 2.75) is 46.0 Å². The highest BCUT2D eigenvalue weighted by molar-refractivity contribution is 5.93. The maximum atomic E-state index is 12.2. The first-order valence-electron chi connectivity index (χ1n) is 8.08. The van der Waals surface area contributed by atoms with Crippen LogP contribution in [-0.2, 0) is 9.78 Å². The minimum absolute atomic E-state index is 0.203. The van der Waals surface area contributed by atoms with Gasteiger partial charge in [-0.1, -0.05) is 32.6 Å². The molecule has 0 aromatic heterocycles. The lowest BCUT2D eigenvalue weighted by Crippen LogP contribution is -2.10. The first-order chi connectivity index (χ1) is 11.6. The second-order valence-corrected chi connectivity index (χ2v) is 5.37. The number of carbonyl (C=O) groups excluding carboxylic acids is 1. The third-order valence-corrected chi connectivity index (χ3v) is 3.57. The summed E-state index contributed by atoms with van der Waals surface area (Å²) in [6.07, 6.45) is 5.94. The fourth-order valence-corrected chi connectivity index (χ4v) is 2.18. The van der Waals surface area contributed by atoms with Crippen LogP contribution in [0.1, 0.15) is 56.3 Å². The zero-order valence-electron chi connectivity index (χ0n) is 15.1. The number of benzene rings is 1. The maximum absolute atomic E-state index is 12.2. The quantitative estimate of drug-likeness (QED) is 0.340. The summed E-state index contributed by atoms with van der Waals surface area (Å²) in [5.41, 5.74) is 0.203. The number of rotatable bonds is 11. The third kappa shape index (κ3) is 5.92. The first-order valence-corrected chi connectivity index (χ1v) is 8.08. The monoisotopic (exact) mass is 339 g/mol. The van der Waals surface area contributed by atoms with Crippen LogP contribution in [0.15, 0.2) is 12.1 Å². The van der Waals surface area contributed by atoms with E-state index in [0.29, 0.717) is 23.4 Å². The lowest BCUT2D eigenvalue weighted by atomic mass is 10.1. The van der Waals surface area contributed by atoms with Gasteiger partial charge in [-0.3, -0.25) is 4.89 Å². The van der Waals surface area contributed by atoms with Gasteiger partial charge in [-0.2, -0.15) is 4.89 Å². The van der Waals surface area contributed by atoms with E-state index in [1.54, 1.807) is 13.0 Å². The Morgan fingerprint density at radius 1 is 0.875 bits per heavy atom. The van der Waals surface area contributed by atoms with Crippen LogP contribution in [0.2, 0.25) is 0 Å². The minimum Gasteiger partial charge on any atom is -0.496 e. The molecule has 1 aromatic rings. The number of hydrogen-bond acceptors (Lipinski definition) is 6. The van der Waals surface area contributed by atoms with Crippen molar-refractivity contribution in [1.29, 1.82) is 0 Å². The van der Waals surface area contributed by atoms with Crippen molar-refractivity contribution in [3.05, 3.63) is 23.8 Å². The SMILES string of the molecule is CCCCCC[C](C)OOC(=O)c1cc(OC)c(OC)cc1OC. The molecule has 1 radical (unpaired) electrons. The fourth-order valence-electron chi connectivity index (χ4n) is 2.18. The first kappa shape index (κ1) is 20.1. The van der Waals surface area contributed by atoms with Crippen molar-refractivity contribution >= 4 is 5.97 Å². The van der Waals surface area contributed by atoms with Crippen molar-refractivity contribution in [1.82, 2.24) is 0 Å². The Labute approximate surface area is 143 Å². The van der Waals surface area contributed by atoms with Crippen molar-refractivity contribution < 1.29 is 28.8 Å². The molecular weight excluding hydrogens is 312 g/mol. The van der Waals surface area contributed by atoms with Crippen molar-refractivity contribution in [2.75, 3.05) is 21.3 Å². The number of hydrogen-bond donors (Lipinski definition) is 0. The molecule has 0 atom stereocenters. The van der Waals surface area contributed by atoms with E-state index in [1.807, 2.05) is 0 Å². The van der Waals surface area contributed by atoms with Gasteiger partial charge in [-0.05, 0) is 13.3 Å². The number of unbranched alkanes of at least 4 members (excludes halogenated alkanes) is 3. The largest absolute Gasteiger partial charge is 0.496 e. The van der Waals surface area contributed by atoms with E-state index in [9.17, 15) is 4.79 Å². The van der Waals surface area contributed by atoms with E-state index in [2.05, 4.69) is 6.92 Å². The molecule has 0 aliphatic carbocycles. The van der Waals surface area contributed by atoms with Gasteiger partial charge in [0.2, 0.25) is 0 Å². The molecule has 6 heteroatoms. The number of carbonyl (C=O) groups is 1. The van der Waals surface area contributed by atoms with Crippen LogP contribution in [0.25, 0.3) is 0 Å². The number of methoxy groups -OCH3 is 3. The lowest BCUT2D eigenvalue weighted by Gasteiger charge is -2.14. The Kier molecular flexibility index (Phi) is 9.01. The fraction of sp³-hybridized carbons (Fsp3) is 0.556. The highest BCUT2D eigenvalue weighted by Crippen LogP contribution is 2.35. The lowest BCUT2D eigenvalue weighted by molar-refractivity contribution is -0.233. The van der Waals surface area contributed by atoms with Gasteiger partial charge in [-0.25, -0.2) is 4.79 Å². The summed E-state index contributed by atoms with van der Waals surface area (Å²) in [4.78, 5) is 22.3. The normalized spacial score (nSPS) is 10.6. The van der Waals surface area contributed by atoms with Crippen LogP contribution < -0.4 is 14.2 Å². The van der Waals surface area contributed by atoms with E-state index in [0.717, 1.165) is 19.3 Å². The van der Waals surface area contributed by atoms with E-state index < -0.39 is 5.97 Å².